The van der Waals surface area contributed by atoms with E-state index in [0.29, 0.717) is 5.47 Å². The zero-order valence-corrected chi connectivity index (χ0v) is 18.8. The van der Waals surface area contributed by atoms with E-state index in [-0.39, 0.29) is 17.9 Å². The number of methoxy groups -OCH3 is 1. The Morgan fingerprint density at radius 2 is 1.67 bits per heavy atom. The Morgan fingerprint density at radius 1 is 1.13 bits per heavy atom. The average Bonchev–Trinajstić information content (AvgIpc) is 2.80. The van der Waals surface area contributed by atoms with Gasteiger partial charge in [-0.3, -0.25) is 0 Å². The molecule has 6 nitrogen and oxygen atoms in total. The first-order valence-corrected chi connectivity index (χ1v) is 9.71. The molecule has 1 heterocycles. The predicted molar refractivity (Wildman–Crippen MR) is 111 cm³/mol. The molecule has 1 aromatic carbocycles. The summed E-state index contributed by atoms with van der Waals surface area (Å²) >= 11 is 0. The van der Waals surface area contributed by atoms with Crippen LogP contribution in [0.3, 0.4) is 0 Å². The molecule has 0 bridgehead atoms. The maximum atomic E-state index is 13.9. The molecule has 1 fully saturated rings. The smallest absolute Gasteiger partial charge is 0.492 e. The molecule has 0 saturated carbocycles. The van der Waals surface area contributed by atoms with Crippen LogP contribution >= 0.6 is 0 Å². The van der Waals surface area contributed by atoms with Gasteiger partial charge in [-0.05, 0) is 60.0 Å². The van der Waals surface area contributed by atoms with E-state index in [1.54, 1.807) is 26.8 Å². The molecule has 0 unspecified atom stereocenters. The fraction of sp³-hybridized carbons (Fsp3) is 0.571. The second-order valence-corrected chi connectivity index (χ2v) is 9.17. The number of nitrogens with one attached hydrogen (secondary N) is 1. The highest BCUT2D eigenvalue weighted by atomic mass is 19.2. The molecule has 0 aromatic heterocycles. The lowest BCUT2D eigenvalue weighted by Gasteiger charge is -2.32. The Balaban J connectivity index is 2.38. The van der Waals surface area contributed by atoms with E-state index >= 15 is 0 Å². The van der Waals surface area contributed by atoms with Gasteiger partial charge in [0.15, 0.2) is 11.6 Å². The number of amides is 1. The fourth-order valence-corrected chi connectivity index (χ4v) is 2.72. The van der Waals surface area contributed by atoms with Gasteiger partial charge in [0.05, 0.1) is 18.3 Å². The van der Waals surface area contributed by atoms with Crippen molar-refractivity contribution in [3.05, 3.63) is 34.8 Å². The van der Waals surface area contributed by atoms with Gasteiger partial charge in [-0.15, -0.1) is 0 Å². The van der Waals surface area contributed by atoms with Gasteiger partial charge in [-0.2, -0.15) is 0 Å². The van der Waals surface area contributed by atoms with E-state index in [1.165, 1.54) is 7.11 Å². The quantitative estimate of drug-likeness (QED) is 0.704. The highest BCUT2D eigenvalue weighted by molar-refractivity contribution is 6.56. The summed E-state index contributed by atoms with van der Waals surface area (Å²) in [5, 5.41) is 2.66. The third-order valence-electron chi connectivity index (χ3n) is 5.01. The summed E-state index contributed by atoms with van der Waals surface area (Å²) in [6.45, 7) is 12.8. The van der Waals surface area contributed by atoms with Gasteiger partial charge in [-0.25, -0.2) is 13.6 Å². The van der Waals surface area contributed by atoms with E-state index < -0.39 is 41.6 Å². The highest BCUT2D eigenvalue weighted by Gasteiger charge is 2.52. The van der Waals surface area contributed by atoms with Crippen LogP contribution in [0.1, 0.15) is 54.0 Å². The van der Waals surface area contributed by atoms with Crippen LogP contribution in [0.2, 0.25) is 0 Å². The van der Waals surface area contributed by atoms with Gasteiger partial charge in [-0.1, -0.05) is 6.08 Å². The van der Waals surface area contributed by atoms with Crippen LogP contribution < -0.4 is 10.1 Å². The maximum Gasteiger partial charge on any atom is 0.492 e. The van der Waals surface area contributed by atoms with Crippen LogP contribution in [0.15, 0.2) is 17.6 Å². The molecule has 166 valence electrons. The van der Waals surface area contributed by atoms with Crippen molar-refractivity contribution in [2.45, 2.75) is 65.3 Å². The number of halogens is 2. The van der Waals surface area contributed by atoms with E-state index in [1.807, 2.05) is 27.7 Å². The van der Waals surface area contributed by atoms with Crippen molar-refractivity contribution < 1.29 is 32.4 Å². The molecular weight excluding hydrogens is 395 g/mol. The van der Waals surface area contributed by atoms with Crippen LogP contribution in [-0.4, -0.2) is 43.7 Å². The second kappa shape index (κ2) is 8.55. The zero-order valence-electron chi connectivity index (χ0n) is 18.8. The Morgan fingerprint density at radius 3 is 2.17 bits per heavy atom. The number of hydrogen-bond donors (Lipinski definition) is 1. The number of hydrogen-bond acceptors (Lipinski definition) is 5. The minimum atomic E-state index is -1.02. The van der Waals surface area contributed by atoms with Crippen molar-refractivity contribution in [2.75, 3.05) is 13.7 Å². The van der Waals surface area contributed by atoms with Gasteiger partial charge in [0.2, 0.25) is 0 Å². The summed E-state index contributed by atoms with van der Waals surface area (Å²) in [7, 11) is 0.542. The SMILES string of the molecule is COc1cc(F)c(F)cc1C=C(CNC(=O)OC(C)(C)C)B1OC(C)(C)C(C)(C)O1. The van der Waals surface area contributed by atoms with Gasteiger partial charge < -0.3 is 24.1 Å². The lowest BCUT2D eigenvalue weighted by atomic mass is 9.77. The van der Waals surface area contributed by atoms with Crippen LogP contribution in [-0.2, 0) is 14.0 Å². The molecule has 1 aliphatic heterocycles. The summed E-state index contributed by atoms with van der Waals surface area (Å²) in [6, 6.07) is 1.98. The Hall–Kier alpha value is -2.13. The molecule has 0 aliphatic carbocycles. The van der Waals surface area contributed by atoms with E-state index in [0.717, 1.165) is 12.1 Å². The van der Waals surface area contributed by atoms with Gasteiger partial charge >= 0.3 is 13.2 Å². The van der Waals surface area contributed by atoms with Crippen molar-refractivity contribution in [1.29, 1.82) is 0 Å². The largest absolute Gasteiger partial charge is 0.496 e. The first kappa shape index (κ1) is 24.1. The minimum Gasteiger partial charge on any atom is -0.496 e. The fourth-order valence-electron chi connectivity index (χ4n) is 2.72. The van der Waals surface area contributed by atoms with Gasteiger partial charge in [0, 0.05) is 18.2 Å². The first-order chi connectivity index (χ1) is 13.6. The third kappa shape index (κ3) is 5.73. The summed E-state index contributed by atoms with van der Waals surface area (Å²) in [5.41, 5.74) is -1.14. The molecule has 0 atom stereocenters. The lowest BCUT2D eigenvalue weighted by Crippen LogP contribution is -2.41. The van der Waals surface area contributed by atoms with Crippen molar-refractivity contribution in [2.24, 2.45) is 0 Å². The number of alkyl carbamates (subject to hydrolysis) is 1. The molecule has 1 saturated heterocycles. The minimum absolute atomic E-state index is 0.00783. The van der Waals surface area contributed by atoms with E-state index in [9.17, 15) is 13.6 Å². The molecule has 0 radical (unpaired) electrons. The molecule has 1 amide bonds. The number of ether oxygens (including phenoxy) is 2. The van der Waals surface area contributed by atoms with Gasteiger partial charge in [0.1, 0.15) is 11.4 Å². The van der Waals surface area contributed by atoms with Crippen molar-refractivity contribution in [1.82, 2.24) is 5.32 Å². The van der Waals surface area contributed by atoms with E-state index in [2.05, 4.69) is 5.32 Å². The van der Waals surface area contributed by atoms with Crippen LogP contribution in [0, 0.1) is 11.6 Å². The van der Waals surface area contributed by atoms with E-state index in [4.69, 9.17) is 18.8 Å². The van der Waals surface area contributed by atoms with Crippen molar-refractivity contribution in [3.8, 4) is 5.75 Å². The molecule has 30 heavy (non-hydrogen) atoms. The predicted octanol–water partition coefficient (Wildman–Crippen LogP) is 4.51. The standard InChI is InChI=1S/C21H30BF2NO5/c1-19(2,3)28-18(26)25-12-14(22-29-20(4,5)21(6,7)30-22)9-13-10-15(23)16(24)11-17(13)27-8/h9-11H,12H2,1-8H3,(H,25,26). The summed E-state index contributed by atoms with van der Waals surface area (Å²) in [4.78, 5) is 12.1. The van der Waals surface area contributed by atoms with Crippen LogP contribution in [0.4, 0.5) is 13.6 Å². The summed E-state index contributed by atoms with van der Waals surface area (Å²) in [6.07, 6.45) is 0.933. The van der Waals surface area contributed by atoms with Gasteiger partial charge in [0.25, 0.3) is 0 Å². The Labute approximate surface area is 177 Å². The molecule has 1 aliphatic rings. The number of carbonyl (C=O) groups excluding carboxylic acids is 1. The molecule has 2 rings (SSSR count). The molecular formula is C21H30BF2NO5. The number of benzene rings is 1. The molecule has 1 N–H and O–H groups in total. The average molecular weight is 425 g/mol. The maximum absolute atomic E-state index is 13.9. The highest BCUT2D eigenvalue weighted by Crippen LogP contribution is 2.39. The summed E-state index contributed by atoms with van der Waals surface area (Å²) < 4.78 is 50.0. The number of carbonyl (C=O) groups is 1. The molecule has 9 heteroatoms. The topological polar surface area (TPSA) is 66.0 Å². The molecule has 1 aromatic rings. The summed E-state index contributed by atoms with van der Waals surface area (Å²) in [5.74, 6) is -1.90. The normalized spacial score (nSPS) is 18.3. The van der Waals surface area contributed by atoms with Crippen molar-refractivity contribution in [3.63, 3.8) is 0 Å². The Bertz CT molecular complexity index is 817. The lowest BCUT2D eigenvalue weighted by molar-refractivity contribution is 0.00578. The Kier molecular flexibility index (Phi) is 6.88. The molecule has 0 spiro atoms. The second-order valence-electron chi connectivity index (χ2n) is 9.17. The van der Waals surface area contributed by atoms with Crippen LogP contribution in [0.5, 0.6) is 5.75 Å². The third-order valence-corrected chi connectivity index (χ3v) is 5.01. The van der Waals surface area contributed by atoms with Crippen molar-refractivity contribution >= 4 is 19.3 Å². The monoisotopic (exact) mass is 425 g/mol. The zero-order chi connectivity index (χ0) is 22.9. The van der Waals surface area contributed by atoms with Crippen LogP contribution in [0.25, 0.3) is 6.08 Å². The number of rotatable bonds is 5. The first-order valence-electron chi connectivity index (χ1n) is 9.71.